The zero-order valence-corrected chi connectivity index (χ0v) is 19.0. The van der Waals surface area contributed by atoms with Crippen LogP contribution in [0, 0.1) is 5.82 Å². The van der Waals surface area contributed by atoms with Crippen LogP contribution in [-0.4, -0.2) is 51.4 Å². The van der Waals surface area contributed by atoms with Crippen LogP contribution >= 0.6 is 15.9 Å². The minimum atomic E-state index is -3.72. The van der Waals surface area contributed by atoms with Crippen LogP contribution < -0.4 is 9.80 Å². The lowest BCUT2D eigenvalue weighted by Crippen LogP contribution is -2.48. The van der Waals surface area contributed by atoms with Crippen molar-refractivity contribution >= 4 is 43.2 Å². The predicted octanol–water partition coefficient (Wildman–Crippen LogP) is 3.40. The topological polar surface area (TPSA) is 60.9 Å². The van der Waals surface area contributed by atoms with Crippen LogP contribution in [0.5, 0.6) is 0 Å². The Labute approximate surface area is 184 Å². The molecule has 2 aromatic carbocycles. The van der Waals surface area contributed by atoms with Gasteiger partial charge in [0.2, 0.25) is 15.9 Å². The Hall–Kier alpha value is -1.97. The zero-order chi connectivity index (χ0) is 21.5. The quantitative estimate of drug-likeness (QED) is 0.651. The number of halogens is 2. The first-order chi connectivity index (χ1) is 14.3. The van der Waals surface area contributed by atoms with E-state index in [0.29, 0.717) is 49.3 Å². The first-order valence-corrected chi connectivity index (χ1v) is 12.2. The van der Waals surface area contributed by atoms with Gasteiger partial charge in [0, 0.05) is 55.0 Å². The number of nitrogens with zero attached hydrogens (tertiary/aromatic N) is 3. The lowest BCUT2D eigenvalue weighted by atomic mass is 10.2. The monoisotopic (exact) mass is 495 g/mol. The molecule has 0 saturated carbocycles. The molecule has 1 amide bonds. The number of fused-ring (bicyclic) bond motifs is 1. The van der Waals surface area contributed by atoms with E-state index in [2.05, 4.69) is 15.9 Å². The highest BCUT2D eigenvalue weighted by atomic mass is 79.9. The molecule has 0 bridgehead atoms. The molecule has 9 heteroatoms. The number of hydrogen-bond donors (Lipinski definition) is 0. The van der Waals surface area contributed by atoms with E-state index in [0.717, 1.165) is 17.7 Å². The molecule has 2 aliphatic rings. The van der Waals surface area contributed by atoms with Crippen LogP contribution in [0.15, 0.2) is 45.8 Å². The summed E-state index contributed by atoms with van der Waals surface area (Å²) >= 11 is 3.43. The van der Waals surface area contributed by atoms with Gasteiger partial charge in [-0.1, -0.05) is 6.92 Å². The van der Waals surface area contributed by atoms with Gasteiger partial charge in [-0.15, -0.1) is 0 Å². The number of carbonyl (C=O) groups excluding carboxylic acids is 1. The van der Waals surface area contributed by atoms with Crippen molar-refractivity contribution in [2.75, 3.05) is 42.5 Å². The third-order valence-electron chi connectivity index (χ3n) is 5.68. The van der Waals surface area contributed by atoms with Crippen molar-refractivity contribution in [3.63, 3.8) is 0 Å². The summed E-state index contributed by atoms with van der Waals surface area (Å²) in [6, 6.07) is 9.67. The van der Waals surface area contributed by atoms with E-state index in [1.807, 2.05) is 11.0 Å². The average Bonchev–Trinajstić information content (AvgIpc) is 3.16. The Kier molecular flexibility index (Phi) is 5.87. The molecule has 0 aliphatic carbocycles. The molecule has 6 nitrogen and oxygen atoms in total. The highest BCUT2D eigenvalue weighted by molar-refractivity contribution is 9.10. The molecule has 30 heavy (non-hydrogen) atoms. The summed E-state index contributed by atoms with van der Waals surface area (Å²) in [5.41, 5.74) is 2.54. The molecule has 1 fully saturated rings. The molecule has 0 unspecified atom stereocenters. The van der Waals surface area contributed by atoms with Gasteiger partial charge in [0.05, 0.1) is 4.90 Å². The number of amides is 1. The Morgan fingerprint density at radius 1 is 1.07 bits per heavy atom. The highest BCUT2D eigenvalue weighted by Crippen LogP contribution is 2.37. The fourth-order valence-corrected chi connectivity index (χ4v) is 6.51. The average molecular weight is 496 g/mol. The molecule has 0 radical (unpaired) electrons. The minimum Gasteiger partial charge on any atom is -0.369 e. The van der Waals surface area contributed by atoms with E-state index < -0.39 is 10.0 Å². The third kappa shape index (κ3) is 3.86. The number of carbonyl (C=O) groups is 1. The van der Waals surface area contributed by atoms with Crippen LogP contribution in [0.4, 0.5) is 15.8 Å². The van der Waals surface area contributed by atoms with Gasteiger partial charge in [-0.05, 0) is 64.3 Å². The van der Waals surface area contributed by atoms with Crippen molar-refractivity contribution in [2.45, 2.75) is 24.7 Å². The molecular formula is C21H23BrFN3O3S. The second-order valence-electron chi connectivity index (χ2n) is 7.43. The predicted molar refractivity (Wildman–Crippen MR) is 118 cm³/mol. The second kappa shape index (κ2) is 8.28. The van der Waals surface area contributed by atoms with Crippen molar-refractivity contribution in [1.82, 2.24) is 4.31 Å². The summed E-state index contributed by atoms with van der Waals surface area (Å²) in [4.78, 5) is 16.1. The lowest BCUT2D eigenvalue weighted by molar-refractivity contribution is -0.118. The zero-order valence-electron chi connectivity index (χ0n) is 16.6. The molecule has 0 atom stereocenters. The summed E-state index contributed by atoms with van der Waals surface area (Å²) in [7, 11) is -3.72. The van der Waals surface area contributed by atoms with Crippen LogP contribution in [0.3, 0.4) is 0 Å². The standard InChI is InChI=1S/C21H23BrFN3O3S/c1-2-21(27)26-8-7-15-13-18(22)20(14-19(15)26)30(28,29)25-11-9-24(10-12-25)17-5-3-16(23)4-6-17/h3-6,13-14H,2,7-12H2,1H3. The first-order valence-electron chi connectivity index (χ1n) is 9.94. The van der Waals surface area contributed by atoms with Crippen LogP contribution in [-0.2, 0) is 21.2 Å². The first kappa shape index (κ1) is 21.3. The summed E-state index contributed by atoms with van der Waals surface area (Å²) in [6.07, 6.45) is 1.10. The number of anilines is 2. The van der Waals surface area contributed by atoms with Gasteiger partial charge in [0.15, 0.2) is 0 Å². The molecule has 0 N–H and O–H groups in total. The van der Waals surface area contributed by atoms with Gasteiger partial charge in [-0.2, -0.15) is 4.31 Å². The van der Waals surface area contributed by atoms with E-state index in [9.17, 15) is 17.6 Å². The minimum absolute atomic E-state index is 0.00710. The third-order valence-corrected chi connectivity index (χ3v) is 8.54. The summed E-state index contributed by atoms with van der Waals surface area (Å²) in [5.74, 6) is -0.302. The molecule has 2 aromatic rings. The van der Waals surface area contributed by atoms with Crippen molar-refractivity contribution < 1.29 is 17.6 Å². The second-order valence-corrected chi connectivity index (χ2v) is 10.2. The van der Waals surface area contributed by atoms with E-state index in [1.54, 1.807) is 30.0 Å². The fourth-order valence-electron chi connectivity index (χ4n) is 4.01. The largest absolute Gasteiger partial charge is 0.369 e. The Bertz CT molecular complexity index is 1070. The van der Waals surface area contributed by atoms with E-state index in [4.69, 9.17) is 0 Å². The fraction of sp³-hybridized carbons (Fsp3) is 0.381. The van der Waals surface area contributed by atoms with Gasteiger partial charge in [0.25, 0.3) is 0 Å². The summed E-state index contributed by atoms with van der Waals surface area (Å²) in [5, 5.41) is 0. The van der Waals surface area contributed by atoms with Crippen LogP contribution in [0.1, 0.15) is 18.9 Å². The van der Waals surface area contributed by atoms with Crippen LogP contribution in [0.25, 0.3) is 0 Å². The maximum absolute atomic E-state index is 13.4. The summed E-state index contributed by atoms with van der Waals surface area (Å²) in [6.45, 7) is 4.09. The van der Waals surface area contributed by atoms with Crippen molar-refractivity contribution in [1.29, 1.82) is 0 Å². The Morgan fingerprint density at radius 3 is 2.37 bits per heavy atom. The smallest absolute Gasteiger partial charge is 0.244 e. The molecule has 0 aromatic heterocycles. The molecular weight excluding hydrogens is 473 g/mol. The number of sulfonamides is 1. The molecule has 1 saturated heterocycles. The number of hydrogen-bond acceptors (Lipinski definition) is 4. The Morgan fingerprint density at radius 2 is 1.73 bits per heavy atom. The van der Waals surface area contributed by atoms with Gasteiger partial charge in [-0.25, -0.2) is 12.8 Å². The molecule has 4 rings (SSSR count). The molecule has 2 aliphatic heterocycles. The Balaban J connectivity index is 1.56. The maximum Gasteiger partial charge on any atom is 0.244 e. The maximum atomic E-state index is 13.4. The molecule has 160 valence electrons. The highest BCUT2D eigenvalue weighted by Gasteiger charge is 2.33. The molecule has 0 spiro atoms. The normalized spacial score (nSPS) is 17.3. The molecule has 2 heterocycles. The van der Waals surface area contributed by atoms with Gasteiger partial charge >= 0.3 is 0 Å². The SMILES string of the molecule is CCC(=O)N1CCc2cc(Br)c(S(=O)(=O)N3CCN(c4ccc(F)cc4)CC3)cc21. The van der Waals surface area contributed by atoms with Crippen molar-refractivity contribution in [2.24, 2.45) is 0 Å². The van der Waals surface area contributed by atoms with Gasteiger partial charge < -0.3 is 9.80 Å². The number of rotatable bonds is 4. The lowest BCUT2D eigenvalue weighted by Gasteiger charge is -2.35. The number of benzene rings is 2. The number of piperazine rings is 1. The van der Waals surface area contributed by atoms with E-state index >= 15 is 0 Å². The van der Waals surface area contributed by atoms with Crippen molar-refractivity contribution in [3.8, 4) is 0 Å². The van der Waals surface area contributed by atoms with Gasteiger partial charge in [-0.3, -0.25) is 4.79 Å². The van der Waals surface area contributed by atoms with E-state index in [-0.39, 0.29) is 16.6 Å². The van der Waals surface area contributed by atoms with Crippen molar-refractivity contribution in [3.05, 3.63) is 52.3 Å². The van der Waals surface area contributed by atoms with Gasteiger partial charge in [0.1, 0.15) is 5.82 Å². The van der Waals surface area contributed by atoms with E-state index in [1.165, 1.54) is 16.4 Å². The van der Waals surface area contributed by atoms with Crippen LogP contribution in [0.2, 0.25) is 0 Å². The summed E-state index contributed by atoms with van der Waals surface area (Å²) < 4.78 is 41.9.